The second kappa shape index (κ2) is 5.02. The fourth-order valence-electron chi connectivity index (χ4n) is 2.22. The lowest BCUT2D eigenvalue weighted by Gasteiger charge is -2.06. The third-order valence-corrected chi connectivity index (χ3v) is 3.73. The second-order valence-electron chi connectivity index (χ2n) is 4.51. The van der Waals surface area contributed by atoms with Crippen LogP contribution < -0.4 is 0 Å². The van der Waals surface area contributed by atoms with Crippen LogP contribution in [0.2, 0.25) is 0 Å². The van der Waals surface area contributed by atoms with Crippen molar-refractivity contribution in [3.05, 3.63) is 70.3 Å². The summed E-state index contributed by atoms with van der Waals surface area (Å²) in [5.74, 6) is 0. The van der Waals surface area contributed by atoms with Gasteiger partial charge in [-0.1, -0.05) is 28.1 Å². The lowest BCUT2D eigenvalue weighted by atomic mass is 10.2. The third-order valence-electron chi connectivity index (χ3n) is 3.20. The van der Waals surface area contributed by atoms with Crippen LogP contribution in [-0.2, 0) is 6.54 Å². The largest absolute Gasteiger partial charge is 0.343 e. The number of hydrogen-bond acceptors (Lipinski definition) is 1. The molecule has 0 fully saturated rings. The van der Waals surface area contributed by atoms with E-state index in [9.17, 15) is 4.79 Å². The first-order valence-electron chi connectivity index (χ1n) is 6.05. The molecule has 2 nitrogen and oxygen atoms in total. The van der Waals surface area contributed by atoms with Crippen LogP contribution in [-0.4, -0.2) is 10.9 Å². The van der Waals surface area contributed by atoms with Gasteiger partial charge in [-0.2, -0.15) is 0 Å². The first-order valence-corrected chi connectivity index (χ1v) is 6.84. The molecule has 0 amide bonds. The van der Waals surface area contributed by atoms with Crippen LogP contribution >= 0.6 is 15.9 Å². The van der Waals surface area contributed by atoms with E-state index in [0.717, 1.165) is 28.2 Å². The van der Waals surface area contributed by atoms with Crippen LogP contribution in [0.25, 0.3) is 10.9 Å². The van der Waals surface area contributed by atoms with E-state index in [2.05, 4.69) is 38.8 Å². The topological polar surface area (TPSA) is 22.0 Å². The molecule has 0 atom stereocenters. The van der Waals surface area contributed by atoms with Gasteiger partial charge in [-0.25, -0.2) is 0 Å². The predicted molar refractivity (Wildman–Crippen MR) is 80.6 cm³/mol. The minimum absolute atomic E-state index is 0.717. The molecule has 0 spiro atoms. The second-order valence-corrected chi connectivity index (χ2v) is 5.42. The van der Waals surface area contributed by atoms with Crippen molar-refractivity contribution < 1.29 is 4.79 Å². The maximum Gasteiger partial charge on any atom is 0.150 e. The number of aldehydes is 1. The molecule has 0 aliphatic heterocycles. The van der Waals surface area contributed by atoms with Gasteiger partial charge in [0.25, 0.3) is 0 Å². The summed E-state index contributed by atoms with van der Waals surface area (Å²) >= 11 is 3.44. The highest BCUT2D eigenvalue weighted by molar-refractivity contribution is 9.10. The number of carbonyl (C=O) groups excluding carboxylic acids is 1. The van der Waals surface area contributed by atoms with Gasteiger partial charge in [-0.3, -0.25) is 4.79 Å². The number of fused-ring (bicyclic) bond motifs is 1. The summed E-state index contributed by atoms with van der Waals surface area (Å²) in [7, 11) is 0. The molecule has 3 aromatic rings. The Kier molecular flexibility index (Phi) is 3.22. The van der Waals surface area contributed by atoms with E-state index in [1.165, 1.54) is 5.56 Å². The molecule has 0 bridgehead atoms. The lowest BCUT2D eigenvalue weighted by Crippen LogP contribution is -1.97. The Morgan fingerprint density at radius 3 is 2.58 bits per heavy atom. The predicted octanol–water partition coefficient (Wildman–Crippen LogP) is 4.26. The molecule has 1 aromatic heterocycles. The van der Waals surface area contributed by atoms with Gasteiger partial charge in [0, 0.05) is 33.7 Å². The van der Waals surface area contributed by atoms with Gasteiger partial charge in [0.1, 0.15) is 6.29 Å². The van der Waals surface area contributed by atoms with Gasteiger partial charge in [0.05, 0.1) is 0 Å². The number of hydrogen-bond donors (Lipinski definition) is 0. The van der Waals surface area contributed by atoms with Crippen molar-refractivity contribution in [2.75, 3.05) is 0 Å². The van der Waals surface area contributed by atoms with E-state index in [1.54, 1.807) is 0 Å². The zero-order chi connectivity index (χ0) is 13.2. The summed E-state index contributed by atoms with van der Waals surface area (Å²) in [4.78, 5) is 10.8. The maximum atomic E-state index is 10.8. The monoisotopic (exact) mass is 313 g/mol. The van der Waals surface area contributed by atoms with Crippen molar-refractivity contribution >= 4 is 33.1 Å². The SMILES string of the molecule is O=Cc1ccc2c(ccn2Cc2ccc(Br)cc2)c1. The van der Waals surface area contributed by atoms with Crippen LogP contribution in [0.4, 0.5) is 0 Å². The summed E-state index contributed by atoms with van der Waals surface area (Å²) in [6.45, 7) is 0.831. The molecule has 0 saturated carbocycles. The minimum atomic E-state index is 0.717. The highest BCUT2D eigenvalue weighted by atomic mass is 79.9. The molecular weight excluding hydrogens is 302 g/mol. The molecule has 2 aromatic carbocycles. The first-order chi connectivity index (χ1) is 9.26. The Balaban J connectivity index is 1.97. The number of halogens is 1. The molecule has 0 aliphatic carbocycles. The van der Waals surface area contributed by atoms with Crippen molar-refractivity contribution in [2.24, 2.45) is 0 Å². The normalized spacial score (nSPS) is 10.8. The number of rotatable bonds is 3. The first kappa shape index (κ1) is 12.2. The molecule has 0 saturated heterocycles. The summed E-state index contributed by atoms with van der Waals surface area (Å²) in [5, 5.41) is 1.10. The number of carbonyl (C=O) groups is 1. The zero-order valence-corrected chi connectivity index (χ0v) is 11.8. The van der Waals surface area contributed by atoms with Gasteiger partial charge >= 0.3 is 0 Å². The Hall–Kier alpha value is -1.87. The van der Waals surface area contributed by atoms with E-state index in [1.807, 2.05) is 36.4 Å². The van der Waals surface area contributed by atoms with Crippen molar-refractivity contribution in [1.29, 1.82) is 0 Å². The smallest absolute Gasteiger partial charge is 0.150 e. The van der Waals surface area contributed by atoms with Gasteiger partial charge in [0.15, 0.2) is 0 Å². The standard InChI is InChI=1S/C16H12BrNO/c17-15-4-1-12(2-5-15)10-18-8-7-14-9-13(11-19)3-6-16(14)18/h1-9,11H,10H2. The molecule has 3 heteroatoms. The van der Waals surface area contributed by atoms with Crippen LogP contribution in [0.15, 0.2) is 59.2 Å². The van der Waals surface area contributed by atoms with Gasteiger partial charge in [-0.05, 0) is 42.0 Å². The molecule has 0 aliphatic rings. The fourth-order valence-corrected chi connectivity index (χ4v) is 2.48. The molecule has 19 heavy (non-hydrogen) atoms. The molecular formula is C16H12BrNO. The molecule has 94 valence electrons. The molecule has 0 unspecified atom stereocenters. The van der Waals surface area contributed by atoms with Gasteiger partial charge in [0.2, 0.25) is 0 Å². The zero-order valence-electron chi connectivity index (χ0n) is 10.2. The molecule has 0 N–H and O–H groups in total. The summed E-state index contributed by atoms with van der Waals surface area (Å²) < 4.78 is 3.27. The molecule has 1 heterocycles. The van der Waals surface area contributed by atoms with E-state index in [-0.39, 0.29) is 0 Å². The number of benzene rings is 2. The van der Waals surface area contributed by atoms with Crippen molar-refractivity contribution in [3.8, 4) is 0 Å². The minimum Gasteiger partial charge on any atom is -0.343 e. The van der Waals surface area contributed by atoms with Crippen LogP contribution in [0.5, 0.6) is 0 Å². The number of nitrogens with zero attached hydrogens (tertiary/aromatic N) is 1. The van der Waals surface area contributed by atoms with Crippen molar-refractivity contribution in [3.63, 3.8) is 0 Å². The molecule has 0 radical (unpaired) electrons. The Morgan fingerprint density at radius 1 is 1.05 bits per heavy atom. The van der Waals surface area contributed by atoms with E-state index in [4.69, 9.17) is 0 Å². The Morgan fingerprint density at radius 2 is 1.84 bits per heavy atom. The average Bonchev–Trinajstić information content (AvgIpc) is 2.83. The van der Waals surface area contributed by atoms with Crippen molar-refractivity contribution in [2.45, 2.75) is 6.54 Å². The summed E-state index contributed by atoms with van der Waals surface area (Å²) in [5.41, 5.74) is 3.11. The van der Waals surface area contributed by atoms with Crippen LogP contribution in [0, 0.1) is 0 Å². The Labute approximate surface area is 119 Å². The maximum absolute atomic E-state index is 10.8. The fraction of sp³-hybridized carbons (Fsp3) is 0.0625. The highest BCUT2D eigenvalue weighted by Gasteiger charge is 2.03. The quantitative estimate of drug-likeness (QED) is 0.662. The van der Waals surface area contributed by atoms with Crippen molar-refractivity contribution in [1.82, 2.24) is 4.57 Å². The summed E-state index contributed by atoms with van der Waals surface area (Å²) in [6, 6.07) is 16.1. The van der Waals surface area contributed by atoms with E-state index in [0.29, 0.717) is 5.56 Å². The van der Waals surface area contributed by atoms with E-state index >= 15 is 0 Å². The van der Waals surface area contributed by atoms with Crippen LogP contribution in [0.1, 0.15) is 15.9 Å². The molecule has 3 rings (SSSR count). The lowest BCUT2D eigenvalue weighted by molar-refractivity contribution is 0.112. The average molecular weight is 314 g/mol. The number of aromatic nitrogens is 1. The Bertz CT molecular complexity index is 728. The van der Waals surface area contributed by atoms with Gasteiger partial charge < -0.3 is 4.57 Å². The summed E-state index contributed by atoms with van der Waals surface area (Å²) in [6.07, 6.45) is 2.94. The third kappa shape index (κ3) is 2.47. The van der Waals surface area contributed by atoms with E-state index < -0.39 is 0 Å². The van der Waals surface area contributed by atoms with Crippen LogP contribution in [0.3, 0.4) is 0 Å². The highest BCUT2D eigenvalue weighted by Crippen LogP contribution is 2.19. The van der Waals surface area contributed by atoms with Gasteiger partial charge in [-0.15, -0.1) is 0 Å².